The summed E-state index contributed by atoms with van der Waals surface area (Å²) in [5.41, 5.74) is 5.54. The first-order valence-electron chi connectivity index (χ1n) is 5.25. The Morgan fingerprint density at radius 3 is 2.75 bits per heavy atom. The van der Waals surface area contributed by atoms with Crippen LogP contribution in [-0.2, 0) is 6.54 Å². The van der Waals surface area contributed by atoms with Crippen LogP contribution in [0.2, 0.25) is 0 Å². The fourth-order valence-electron chi connectivity index (χ4n) is 1.40. The summed E-state index contributed by atoms with van der Waals surface area (Å²) < 4.78 is 1.19. The third-order valence-electron chi connectivity index (χ3n) is 2.41. The molecule has 0 amide bonds. The molecule has 0 aliphatic rings. The lowest BCUT2D eigenvalue weighted by Crippen LogP contribution is -2.33. The quantitative estimate of drug-likeness (QED) is 0.814. The molecule has 0 aliphatic heterocycles. The van der Waals surface area contributed by atoms with E-state index in [1.165, 1.54) is 9.35 Å². The molecule has 0 bridgehead atoms. The standard InChI is InChI=1S/C11H17BrN2S2/c1-8(2)14(5-3-11(13)15)7-10-9(12)4-6-16-10/h4,6,8H,3,5,7H2,1-2H3,(H2,13,15). The van der Waals surface area contributed by atoms with Crippen LogP contribution in [0.15, 0.2) is 15.9 Å². The Morgan fingerprint density at radius 2 is 2.31 bits per heavy atom. The Kier molecular flexibility index (Phi) is 5.89. The van der Waals surface area contributed by atoms with E-state index in [1.54, 1.807) is 11.3 Å². The van der Waals surface area contributed by atoms with Gasteiger partial charge < -0.3 is 5.73 Å². The summed E-state index contributed by atoms with van der Waals surface area (Å²) in [6.07, 6.45) is 0.788. The van der Waals surface area contributed by atoms with E-state index in [0.29, 0.717) is 11.0 Å². The van der Waals surface area contributed by atoms with E-state index < -0.39 is 0 Å². The SMILES string of the molecule is CC(C)N(CCC(N)=S)Cc1sccc1Br. The zero-order chi connectivity index (χ0) is 12.1. The van der Waals surface area contributed by atoms with Crippen molar-refractivity contribution in [1.82, 2.24) is 4.90 Å². The lowest BCUT2D eigenvalue weighted by molar-refractivity contribution is 0.221. The van der Waals surface area contributed by atoms with Crippen molar-refractivity contribution < 1.29 is 0 Å². The van der Waals surface area contributed by atoms with Gasteiger partial charge in [-0.05, 0) is 41.2 Å². The molecular weight excluding hydrogens is 304 g/mol. The number of thiocarbonyl (C=S) groups is 1. The van der Waals surface area contributed by atoms with E-state index in [1.807, 2.05) is 0 Å². The molecule has 0 fully saturated rings. The monoisotopic (exact) mass is 320 g/mol. The van der Waals surface area contributed by atoms with Crippen molar-refractivity contribution in [3.8, 4) is 0 Å². The fourth-order valence-corrected chi connectivity index (χ4v) is 2.99. The van der Waals surface area contributed by atoms with Gasteiger partial charge in [0, 0.05) is 34.9 Å². The van der Waals surface area contributed by atoms with E-state index in [9.17, 15) is 0 Å². The summed E-state index contributed by atoms with van der Waals surface area (Å²) in [6.45, 7) is 6.28. The van der Waals surface area contributed by atoms with Crippen LogP contribution in [0, 0.1) is 0 Å². The molecule has 0 unspecified atom stereocenters. The fraction of sp³-hybridized carbons (Fsp3) is 0.545. The molecule has 1 aromatic heterocycles. The van der Waals surface area contributed by atoms with Crippen LogP contribution in [0.5, 0.6) is 0 Å². The average molecular weight is 321 g/mol. The maximum Gasteiger partial charge on any atom is 0.0740 e. The van der Waals surface area contributed by atoms with Crippen LogP contribution in [-0.4, -0.2) is 22.5 Å². The second kappa shape index (κ2) is 6.69. The lowest BCUT2D eigenvalue weighted by Gasteiger charge is -2.25. The van der Waals surface area contributed by atoms with Crippen LogP contribution >= 0.6 is 39.5 Å². The highest BCUT2D eigenvalue weighted by molar-refractivity contribution is 9.10. The van der Waals surface area contributed by atoms with Gasteiger partial charge in [-0.15, -0.1) is 11.3 Å². The smallest absolute Gasteiger partial charge is 0.0740 e. The molecular formula is C11H17BrN2S2. The van der Waals surface area contributed by atoms with Gasteiger partial charge in [-0.1, -0.05) is 12.2 Å². The van der Waals surface area contributed by atoms with Gasteiger partial charge in [0.15, 0.2) is 0 Å². The van der Waals surface area contributed by atoms with Crippen molar-refractivity contribution in [2.45, 2.75) is 32.9 Å². The van der Waals surface area contributed by atoms with Crippen molar-refractivity contribution in [2.75, 3.05) is 6.54 Å². The summed E-state index contributed by atoms with van der Waals surface area (Å²) in [5.74, 6) is 0. The van der Waals surface area contributed by atoms with Crippen LogP contribution in [0.4, 0.5) is 0 Å². The zero-order valence-electron chi connectivity index (χ0n) is 9.57. The van der Waals surface area contributed by atoms with Crippen LogP contribution in [0.25, 0.3) is 0 Å². The highest BCUT2D eigenvalue weighted by Crippen LogP contribution is 2.24. The van der Waals surface area contributed by atoms with Crippen molar-refractivity contribution in [3.63, 3.8) is 0 Å². The van der Waals surface area contributed by atoms with Crippen molar-refractivity contribution in [2.24, 2.45) is 5.73 Å². The molecule has 0 spiro atoms. The Hall–Kier alpha value is 0.0300. The molecule has 1 rings (SSSR count). The van der Waals surface area contributed by atoms with Gasteiger partial charge in [-0.2, -0.15) is 0 Å². The average Bonchev–Trinajstić information content (AvgIpc) is 2.58. The van der Waals surface area contributed by atoms with Crippen molar-refractivity contribution >= 4 is 44.5 Å². The lowest BCUT2D eigenvalue weighted by atomic mass is 10.2. The van der Waals surface area contributed by atoms with Crippen LogP contribution < -0.4 is 5.73 Å². The Morgan fingerprint density at radius 1 is 1.62 bits per heavy atom. The summed E-state index contributed by atoms with van der Waals surface area (Å²) >= 11 is 10.3. The van der Waals surface area contributed by atoms with Gasteiger partial charge in [-0.25, -0.2) is 0 Å². The summed E-state index contributed by atoms with van der Waals surface area (Å²) in [7, 11) is 0. The Labute approximate surface area is 115 Å². The zero-order valence-corrected chi connectivity index (χ0v) is 12.8. The third-order valence-corrected chi connectivity index (χ3v) is 4.53. The maximum absolute atomic E-state index is 5.54. The van der Waals surface area contributed by atoms with E-state index in [-0.39, 0.29) is 0 Å². The largest absolute Gasteiger partial charge is 0.393 e. The molecule has 0 atom stereocenters. The summed E-state index contributed by atoms with van der Waals surface area (Å²) in [4.78, 5) is 4.34. The molecule has 2 nitrogen and oxygen atoms in total. The minimum Gasteiger partial charge on any atom is -0.393 e. The first-order chi connectivity index (χ1) is 7.50. The minimum atomic E-state index is 0.503. The molecule has 0 saturated carbocycles. The molecule has 2 N–H and O–H groups in total. The molecule has 0 aromatic carbocycles. The van der Waals surface area contributed by atoms with E-state index in [0.717, 1.165) is 19.5 Å². The Bertz CT molecular complexity index is 350. The van der Waals surface area contributed by atoms with E-state index in [4.69, 9.17) is 18.0 Å². The highest BCUT2D eigenvalue weighted by Gasteiger charge is 2.12. The molecule has 90 valence electrons. The van der Waals surface area contributed by atoms with Crippen molar-refractivity contribution in [3.05, 3.63) is 20.8 Å². The molecule has 1 aromatic rings. The topological polar surface area (TPSA) is 29.3 Å². The number of nitrogens with two attached hydrogens (primary N) is 1. The first kappa shape index (κ1) is 14.1. The first-order valence-corrected chi connectivity index (χ1v) is 7.33. The molecule has 0 radical (unpaired) electrons. The van der Waals surface area contributed by atoms with Gasteiger partial charge in [0.25, 0.3) is 0 Å². The Balaban J connectivity index is 2.58. The van der Waals surface area contributed by atoms with Gasteiger partial charge in [0.05, 0.1) is 4.99 Å². The number of nitrogens with zero attached hydrogens (tertiary/aromatic N) is 1. The number of thiophene rings is 1. The van der Waals surface area contributed by atoms with Gasteiger partial charge in [-0.3, -0.25) is 4.90 Å². The van der Waals surface area contributed by atoms with Gasteiger partial charge in [0.2, 0.25) is 0 Å². The third kappa shape index (κ3) is 4.49. The number of halogens is 1. The van der Waals surface area contributed by atoms with Crippen LogP contribution in [0.1, 0.15) is 25.1 Å². The van der Waals surface area contributed by atoms with Crippen LogP contribution in [0.3, 0.4) is 0 Å². The summed E-state index contributed by atoms with van der Waals surface area (Å²) in [6, 6.07) is 2.59. The molecule has 0 aliphatic carbocycles. The normalized spacial score (nSPS) is 11.3. The summed E-state index contributed by atoms with van der Waals surface area (Å²) in [5, 5.41) is 2.10. The second-order valence-corrected chi connectivity index (χ2v) is 6.35. The molecule has 0 saturated heterocycles. The van der Waals surface area contributed by atoms with E-state index >= 15 is 0 Å². The van der Waals surface area contributed by atoms with Crippen molar-refractivity contribution in [1.29, 1.82) is 0 Å². The minimum absolute atomic E-state index is 0.503. The number of hydrogen-bond donors (Lipinski definition) is 1. The number of hydrogen-bond acceptors (Lipinski definition) is 3. The maximum atomic E-state index is 5.54. The predicted octanol–water partition coefficient (Wildman–Crippen LogP) is 3.40. The molecule has 1 heterocycles. The molecule has 5 heteroatoms. The predicted molar refractivity (Wildman–Crippen MR) is 79.0 cm³/mol. The van der Waals surface area contributed by atoms with E-state index in [2.05, 4.69) is 46.1 Å². The van der Waals surface area contributed by atoms with Gasteiger partial charge in [0.1, 0.15) is 0 Å². The highest BCUT2D eigenvalue weighted by atomic mass is 79.9. The van der Waals surface area contributed by atoms with Gasteiger partial charge >= 0.3 is 0 Å². The second-order valence-electron chi connectivity index (χ2n) is 3.97. The molecule has 16 heavy (non-hydrogen) atoms. The number of rotatable bonds is 6.